The molecule has 2 aromatic rings. The van der Waals surface area contributed by atoms with Crippen molar-refractivity contribution in [1.29, 1.82) is 0 Å². The Morgan fingerprint density at radius 2 is 2.19 bits per heavy atom. The smallest absolute Gasteiger partial charge is 0.418 e. The quantitative estimate of drug-likeness (QED) is 0.718. The van der Waals surface area contributed by atoms with Crippen molar-refractivity contribution >= 4 is 34.3 Å². The van der Waals surface area contributed by atoms with Crippen LogP contribution in [0, 0.1) is 6.92 Å². The van der Waals surface area contributed by atoms with Crippen molar-refractivity contribution in [3.8, 4) is 0 Å². The van der Waals surface area contributed by atoms with Gasteiger partial charge in [-0.3, -0.25) is 0 Å². The minimum Gasteiger partial charge on any atom is -0.452 e. The number of nitrogen functional groups attached to an aromatic ring is 1. The molecule has 84 valence electrons. The third kappa shape index (κ3) is 1.42. The first-order valence-electron chi connectivity index (χ1n) is 4.70. The molecule has 0 saturated carbocycles. The van der Waals surface area contributed by atoms with Gasteiger partial charge in [-0.15, -0.1) is 0 Å². The maximum absolute atomic E-state index is 11.6. The fourth-order valence-corrected chi connectivity index (χ4v) is 1.91. The Morgan fingerprint density at radius 1 is 1.50 bits per heavy atom. The summed E-state index contributed by atoms with van der Waals surface area (Å²) in [6.45, 7) is 1.81. The number of aromatic nitrogens is 1. The first-order valence-corrected chi connectivity index (χ1v) is 5.08. The Bertz CT molecular complexity index is 575. The molecule has 0 aliphatic heterocycles. The van der Waals surface area contributed by atoms with E-state index in [2.05, 4.69) is 0 Å². The summed E-state index contributed by atoms with van der Waals surface area (Å²) in [7, 11) is 1.34. The Hall–Kier alpha value is -1.68. The van der Waals surface area contributed by atoms with E-state index >= 15 is 0 Å². The molecule has 1 aromatic heterocycles. The summed E-state index contributed by atoms with van der Waals surface area (Å²) in [5, 5.41) is 1.24. The van der Waals surface area contributed by atoms with E-state index < -0.39 is 6.09 Å². The molecule has 0 aliphatic carbocycles. The van der Waals surface area contributed by atoms with Gasteiger partial charge in [-0.2, -0.15) is 0 Å². The zero-order valence-electron chi connectivity index (χ0n) is 8.95. The largest absolute Gasteiger partial charge is 0.452 e. The van der Waals surface area contributed by atoms with E-state index in [0.717, 1.165) is 11.1 Å². The molecule has 0 bridgehead atoms. The van der Waals surface area contributed by atoms with E-state index in [-0.39, 0.29) is 0 Å². The van der Waals surface area contributed by atoms with Crippen LogP contribution in [0.5, 0.6) is 0 Å². The average Bonchev–Trinajstić information content (AvgIpc) is 2.60. The lowest BCUT2D eigenvalue weighted by Gasteiger charge is -2.05. The van der Waals surface area contributed by atoms with Gasteiger partial charge in [0.05, 0.1) is 23.3 Å². The van der Waals surface area contributed by atoms with E-state index in [9.17, 15) is 4.79 Å². The van der Waals surface area contributed by atoms with Crippen molar-refractivity contribution in [2.24, 2.45) is 0 Å². The number of halogens is 1. The molecule has 1 aromatic carbocycles. The number of benzene rings is 1. The van der Waals surface area contributed by atoms with Crippen molar-refractivity contribution < 1.29 is 9.53 Å². The molecule has 0 aliphatic rings. The Balaban J connectivity index is 2.82. The molecule has 2 N–H and O–H groups in total. The summed E-state index contributed by atoms with van der Waals surface area (Å²) in [6, 6.07) is 5.23. The fourth-order valence-electron chi connectivity index (χ4n) is 1.74. The van der Waals surface area contributed by atoms with Gasteiger partial charge in [0.25, 0.3) is 0 Å². The van der Waals surface area contributed by atoms with Gasteiger partial charge < -0.3 is 10.5 Å². The summed E-state index contributed by atoms with van der Waals surface area (Å²) in [5.41, 5.74) is 7.78. The van der Waals surface area contributed by atoms with Crippen LogP contribution in [0.1, 0.15) is 5.69 Å². The van der Waals surface area contributed by atoms with Gasteiger partial charge in [0.1, 0.15) is 0 Å². The van der Waals surface area contributed by atoms with E-state index in [1.165, 1.54) is 11.7 Å². The number of anilines is 1. The lowest BCUT2D eigenvalue weighted by molar-refractivity contribution is 0.173. The Labute approximate surface area is 97.5 Å². The second kappa shape index (κ2) is 3.72. The Morgan fingerprint density at radius 3 is 2.81 bits per heavy atom. The summed E-state index contributed by atoms with van der Waals surface area (Å²) in [4.78, 5) is 11.6. The van der Waals surface area contributed by atoms with Crippen molar-refractivity contribution in [1.82, 2.24) is 4.57 Å². The minimum absolute atomic E-state index is 0.436. The zero-order chi connectivity index (χ0) is 11.9. The summed E-state index contributed by atoms with van der Waals surface area (Å²) in [5.74, 6) is 0. The topological polar surface area (TPSA) is 57.2 Å². The van der Waals surface area contributed by atoms with Crippen LogP contribution in [0.2, 0.25) is 5.02 Å². The van der Waals surface area contributed by atoms with Crippen molar-refractivity contribution in [3.63, 3.8) is 0 Å². The molecule has 16 heavy (non-hydrogen) atoms. The number of hydrogen-bond acceptors (Lipinski definition) is 3. The third-order valence-electron chi connectivity index (χ3n) is 2.51. The number of ether oxygens (including phenoxy) is 1. The molecular weight excluding hydrogens is 228 g/mol. The van der Waals surface area contributed by atoms with Crippen LogP contribution < -0.4 is 5.73 Å². The normalized spacial score (nSPS) is 10.7. The monoisotopic (exact) mass is 238 g/mol. The Kier molecular flexibility index (Phi) is 2.52. The van der Waals surface area contributed by atoms with Gasteiger partial charge in [0.15, 0.2) is 0 Å². The third-order valence-corrected chi connectivity index (χ3v) is 2.84. The van der Waals surface area contributed by atoms with Crippen molar-refractivity contribution in [3.05, 3.63) is 28.9 Å². The lowest BCUT2D eigenvalue weighted by atomic mass is 10.2. The van der Waals surface area contributed by atoms with Gasteiger partial charge in [-0.05, 0) is 25.1 Å². The molecule has 0 fully saturated rings. The van der Waals surface area contributed by atoms with Gasteiger partial charge >= 0.3 is 6.09 Å². The molecule has 4 nitrogen and oxygen atoms in total. The lowest BCUT2D eigenvalue weighted by Crippen LogP contribution is -2.12. The number of nitrogens with two attached hydrogens (primary N) is 1. The highest BCUT2D eigenvalue weighted by molar-refractivity contribution is 6.34. The SMILES string of the molecule is COC(=O)n1c(C)cc2c(N)c(Cl)ccc21. The van der Waals surface area contributed by atoms with Gasteiger partial charge in [-0.25, -0.2) is 9.36 Å². The van der Waals surface area contributed by atoms with Crippen LogP contribution in [0.15, 0.2) is 18.2 Å². The van der Waals surface area contributed by atoms with E-state index in [4.69, 9.17) is 22.1 Å². The second-order valence-electron chi connectivity index (χ2n) is 3.49. The summed E-state index contributed by atoms with van der Waals surface area (Å²) >= 11 is 5.91. The van der Waals surface area contributed by atoms with Crippen LogP contribution >= 0.6 is 11.6 Å². The molecular formula is C11H11ClN2O2. The molecule has 0 spiro atoms. The zero-order valence-corrected chi connectivity index (χ0v) is 9.71. The maximum atomic E-state index is 11.6. The van der Waals surface area contributed by atoms with Crippen LogP contribution in [0.3, 0.4) is 0 Å². The first-order chi connectivity index (χ1) is 7.56. The van der Waals surface area contributed by atoms with Gasteiger partial charge in [0.2, 0.25) is 0 Å². The fraction of sp³-hybridized carbons (Fsp3) is 0.182. The standard InChI is InChI=1S/C11H11ClN2O2/c1-6-5-7-9(14(6)11(15)16-2)4-3-8(12)10(7)13/h3-5H,13H2,1-2H3. The number of rotatable bonds is 0. The molecule has 1 heterocycles. The van der Waals surface area contributed by atoms with Crippen LogP contribution in [-0.4, -0.2) is 17.8 Å². The predicted octanol–water partition coefficient (Wildman–Crippen LogP) is 2.80. The molecule has 5 heteroatoms. The molecule has 2 rings (SSSR count). The second-order valence-corrected chi connectivity index (χ2v) is 3.89. The van der Waals surface area contributed by atoms with Crippen molar-refractivity contribution in [2.45, 2.75) is 6.92 Å². The van der Waals surface area contributed by atoms with E-state index in [1.807, 2.05) is 13.0 Å². The summed E-state index contributed by atoms with van der Waals surface area (Å²) in [6.07, 6.45) is -0.436. The van der Waals surface area contributed by atoms with E-state index in [1.54, 1.807) is 12.1 Å². The predicted molar refractivity (Wildman–Crippen MR) is 63.9 cm³/mol. The molecule has 0 radical (unpaired) electrons. The van der Waals surface area contributed by atoms with Crippen LogP contribution in [0.25, 0.3) is 10.9 Å². The molecule has 0 amide bonds. The summed E-state index contributed by atoms with van der Waals surface area (Å²) < 4.78 is 6.16. The first kappa shape index (κ1) is 10.8. The number of carbonyl (C=O) groups excluding carboxylic acids is 1. The van der Waals surface area contributed by atoms with Crippen LogP contribution in [0.4, 0.5) is 10.5 Å². The van der Waals surface area contributed by atoms with Crippen LogP contribution in [-0.2, 0) is 4.74 Å². The number of nitrogens with zero attached hydrogens (tertiary/aromatic N) is 1. The van der Waals surface area contributed by atoms with Crippen molar-refractivity contribution in [2.75, 3.05) is 12.8 Å². The number of fused-ring (bicyclic) bond motifs is 1. The maximum Gasteiger partial charge on any atom is 0.418 e. The average molecular weight is 239 g/mol. The minimum atomic E-state index is -0.436. The highest BCUT2D eigenvalue weighted by Gasteiger charge is 2.15. The highest BCUT2D eigenvalue weighted by Crippen LogP contribution is 2.30. The number of methoxy groups -OCH3 is 1. The highest BCUT2D eigenvalue weighted by atomic mass is 35.5. The van der Waals surface area contributed by atoms with Gasteiger partial charge in [0, 0.05) is 11.1 Å². The molecule has 0 saturated heterocycles. The molecule has 0 unspecified atom stereocenters. The molecule has 0 atom stereocenters. The number of hydrogen-bond donors (Lipinski definition) is 1. The van der Waals surface area contributed by atoms with Gasteiger partial charge in [-0.1, -0.05) is 11.6 Å². The van der Waals surface area contributed by atoms with E-state index in [0.29, 0.717) is 16.2 Å². The number of aryl methyl sites for hydroxylation is 1. The number of carbonyl (C=O) groups is 1.